The molecule has 1 aliphatic rings. The first-order valence-electron chi connectivity index (χ1n) is 12.1. The van der Waals surface area contributed by atoms with Gasteiger partial charge in [-0.3, -0.25) is 14.9 Å². The van der Waals surface area contributed by atoms with Gasteiger partial charge in [0.15, 0.2) is 5.11 Å². The van der Waals surface area contributed by atoms with E-state index in [4.69, 9.17) is 17.0 Å². The van der Waals surface area contributed by atoms with Crippen LogP contribution in [0.3, 0.4) is 0 Å². The van der Waals surface area contributed by atoms with E-state index >= 15 is 0 Å². The van der Waals surface area contributed by atoms with Crippen LogP contribution in [0, 0.1) is 0 Å². The predicted molar refractivity (Wildman–Crippen MR) is 153 cm³/mol. The molecule has 0 bridgehead atoms. The summed E-state index contributed by atoms with van der Waals surface area (Å²) in [6, 6.07) is 22.4. The number of anilines is 1. The molecular weight excluding hydrogens is 552 g/mol. The average molecular weight is 582 g/mol. The standard InChI is InChI=1S/C28H29BrN4O3S/c1-32-13-15-33(16-14-32)27(35)22-8-5-9-23(18-22)30-28(37)31-26(34)21-10-11-25(24(29)19-21)36-17-12-20-6-3-2-4-7-20/h2-11,18-19H,12-17H2,1H3,(H2,30,31,34,37). The Kier molecular flexibility index (Phi) is 9.27. The van der Waals surface area contributed by atoms with Gasteiger partial charge in [0.1, 0.15) is 5.75 Å². The lowest BCUT2D eigenvalue weighted by molar-refractivity contribution is 0.0664. The Morgan fingerprint density at radius 1 is 0.946 bits per heavy atom. The Morgan fingerprint density at radius 3 is 2.43 bits per heavy atom. The lowest BCUT2D eigenvalue weighted by Crippen LogP contribution is -2.47. The molecule has 2 N–H and O–H groups in total. The second kappa shape index (κ2) is 12.8. The first-order chi connectivity index (χ1) is 17.9. The zero-order valence-electron chi connectivity index (χ0n) is 20.6. The maximum absolute atomic E-state index is 12.9. The monoisotopic (exact) mass is 580 g/mol. The zero-order valence-corrected chi connectivity index (χ0v) is 23.0. The highest BCUT2D eigenvalue weighted by molar-refractivity contribution is 9.10. The van der Waals surface area contributed by atoms with Crippen molar-refractivity contribution in [2.75, 3.05) is 45.2 Å². The van der Waals surface area contributed by atoms with Gasteiger partial charge in [0.2, 0.25) is 0 Å². The van der Waals surface area contributed by atoms with Gasteiger partial charge in [-0.2, -0.15) is 0 Å². The van der Waals surface area contributed by atoms with Crippen molar-refractivity contribution in [2.24, 2.45) is 0 Å². The molecule has 7 nitrogen and oxygen atoms in total. The van der Waals surface area contributed by atoms with Crippen LogP contribution in [0.1, 0.15) is 26.3 Å². The van der Waals surface area contributed by atoms with E-state index in [2.05, 4.69) is 50.6 Å². The highest BCUT2D eigenvalue weighted by Gasteiger charge is 2.20. The minimum atomic E-state index is -0.348. The smallest absolute Gasteiger partial charge is 0.257 e. The maximum Gasteiger partial charge on any atom is 0.257 e. The number of carbonyl (C=O) groups is 2. The number of nitrogens with zero attached hydrogens (tertiary/aromatic N) is 2. The third-order valence-corrected chi connectivity index (χ3v) is 6.89. The van der Waals surface area contributed by atoms with Crippen molar-refractivity contribution in [3.05, 3.63) is 94.0 Å². The van der Waals surface area contributed by atoms with Gasteiger partial charge in [-0.15, -0.1) is 0 Å². The molecule has 2 amide bonds. The summed E-state index contributed by atoms with van der Waals surface area (Å²) in [6.45, 7) is 3.65. The number of nitrogens with one attached hydrogen (secondary N) is 2. The van der Waals surface area contributed by atoms with Crippen LogP contribution in [0.15, 0.2) is 77.3 Å². The number of carbonyl (C=O) groups excluding carboxylic acids is 2. The van der Waals surface area contributed by atoms with Crippen molar-refractivity contribution in [2.45, 2.75) is 6.42 Å². The normalized spacial score (nSPS) is 13.6. The zero-order chi connectivity index (χ0) is 26.2. The molecule has 192 valence electrons. The summed E-state index contributed by atoms with van der Waals surface area (Å²) in [5, 5.41) is 5.84. The molecule has 1 heterocycles. The Balaban J connectivity index is 1.29. The van der Waals surface area contributed by atoms with E-state index in [1.54, 1.807) is 42.5 Å². The molecule has 0 spiro atoms. The molecule has 3 aromatic rings. The van der Waals surface area contributed by atoms with Gasteiger partial charge in [0, 0.05) is 49.4 Å². The molecule has 0 radical (unpaired) electrons. The summed E-state index contributed by atoms with van der Waals surface area (Å²) in [5.41, 5.74) is 2.85. The number of hydrogen-bond donors (Lipinski definition) is 2. The van der Waals surface area contributed by atoms with Crippen molar-refractivity contribution in [1.29, 1.82) is 0 Å². The van der Waals surface area contributed by atoms with E-state index in [-0.39, 0.29) is 16.9 Å². The molecular formula is C28H29BrN4O3S. The first kappa shape index (κ1) is 26.8. The summed E-state index contributed by atoms with van der Waals surface area (Å²) in [6.07, 6.45) is 0.789. The number of thiocarbonyl (C=S) groups is 1. The highest BCUT2D eigenvalue weighted by atomic mass is 79.9. The number of hydrogen-bond acceptors (Lipinski definition) is 5. The largest absolute Gasteiger partial charge is 0.492 e. The molecule has 0 unspecified atom stereocenters. The fourth-order valence-corrected chi connectivity index (χ4v) is 4.65. The fourth-order valence-electron chi connectivity index (χ4n) is 3.94. The molecule has 0 aromatic heterocycles. The summed E-state index contributed by atoms with van der Waals surface area (Å²) in [7, 11) is 2.05. The van der Waals surface area contributed by atoms with Crippen LogP contribution >= 0.6 is 28.1 Å². The number of halogens is 1. The molecule has 0 saturated carbocycles. The number of likely N-dealkylation sites (N-methyl/N-ethyl adjacent to an activating group) is 1. The van der Waals surface area contributed by atoms with Crippen LogP contribution in [0.2, 0.25) is 0 Å². The van der Waals surface area contributed by atoms with Gasteiger partial charge in [0.25, 0.3) is 11.8 Å². The van der Waals surface area contributed by atoms with Crippen LogP contribution in [0.25, 0.3) is 0 Å². The van der Waals surface area contributed by atoms with Crippen molar-refractivity contribution in [3.63, 3.8) is 0 Å². The molecule has 1 fully saturated rings. The van der Waals surface area contributed by atoms with Crippen LogP contribution in [0.4, 0.5) is 5.69 Å². The van der Waals surface area contributed by atoms with Gasteiger partial charge >= 0.3 is 0 Å². The van der Waals surface area contributed by atoms with Crippen LogP contribution in [0.5, 0.6) is 5.75 Å². The molecule has 1 saturated heterocycles. The van der Waals surface area contributed by atoms with E-state index in [0.29, 0.717) is 46.7 Å². The number of rotatable bonds is 7. The molecule has 0 aliphatic carbocycles. The third kappa shape index (κ3) is 7.61. The van der Waals surface area contributed by atoms with E-state index < -0.39 is 0 Å². The van der Waals surface area contributed by atoms with Crippen molar-refractivity contribution in [3.8, 4) is 5.75 Å². The molecule has 3 aromatic carbocycles. The highest BCUT2D eigenvalue weighted by Crippen LogP contribution is 2.26. The lowest BCUT2D eigenvalue weighted by atomic mass is 10.1. The third-order valence-electron chi connectivity index (χ3n) is 6.07. The fraction of sp³-hybridized carbons (Fsp3) is 0.250. The molecule has 37 heavy (non-hydrogen) atoms. The van der Waals surface area contributed by atoms with E-state index in [0.717, 1.165) is 19.5 Å². The van der Waals surface area contributed by atoms with E-state index in [1.807, 2.05) is 23.1 Å². The molecule has 0 atom stereocenters. The van der Waals surface area contributed by atoms with Crippen molar-refractivity contribution in [1.82, 2.24) is 15.1 Å². The van der Waals surface area contributed by atoms with Crippen molar-refractivity contribution >= 4 is 50.8 Å². The summed E-state index contributed by atoms with van der Waals surface area (Å²) < 4.78 is 6.55. The van der Waals surface area contributed by atoms with Gasteiger partial charge in [-0.1, -0.05) is 36.4 Å². The number of piperazine rings is 1. The average Bonchev–Trinajstić information content (AvgIpc) is 2.90. The van der Waals surface area contributed by atoms with Crippen molar-refractivity contribution < 1.29 is 14.3 Å². The topological polar surface area (TPSA) is 73.9 Å². The van der Waals surface area contributed by atoms with E-state index in [9.17, 15) is 9.59 Å². The van der Waals surface area contributed by atoms with Crippen LogP contribution < -0.4 is 15.4 Å². The minimum Gasteiger partial charge on any atom is -0.492 e. The van der Waals surface area contributed by atoms with E-state index in [1.165, 1.54) is 5.56 Å². The SMILES string of the molecule is CN1CCN(C(=O)c2cccc(NC(=S)NC(=O)c3ccc(OCCc4ccccc4)c(Br)c3)c2)CC1. The Labute approximate surface area is 230 Å². The van der Waals surface area contributed by atoms with Gasteiger partial charge in [0.05, 0.1) is 11.1 Å². The van der Waals surface area contributed by atoms with Crippen LogP contribution in [-0.4, -0.2) is 66.6 Å². The molecule has 4 rings (SSSR count). The summed E-state index contributed by atoms with van der Waals surface area (Å²) >= 11 is 8.83. The summed E-state index contributed by atoms with van der Waals surface area (Å²) in [4.78, 5) is 29.7. The minimum absolute atomic E-state index is 0.0115. The Morgan fingerprint density at radius 2 is 1.70 bits per heavy atom. The lowest BCUT2D eigenvalue weighted by Gasteiger charge is -2.32. The first-order valence-corrected chi connectivity index (χ1v) is 13.3. The van der Waals surface area contributed by atoms with Gasteiger partial charge in [-0.05, 0) is 77.2 Å². The van der Waals surface area contributed by atoms with Crippen LogP contribution in [-0.2, 0) is 6.42 Å². The quantitative estimate of drug-likeness (QED) is 0.398. The second-order valence-electron chi connectivity index (χ2n) is 8.81. The van der Waals surface area contributed by atoms with Gasteiger partial charge < -0.3 is 19.9 Å². The second-order valence-corrected chi connectivity index (χ2v) is 10.1. The summed E-state index contributed by atoms with van der Waals surface area (Å²) in [5.74, 6) is 0.302. The number of amides is 2. The maximum atomic E-state index is 12.9. The Hall–Kier alpha value is -3.27. The molecule has 1 aliphatic heterocycles. The Bertz CT molecular complexity index is 1260. The number of ether oxygens (including phenoxy) is 1. The van der Waals surface area contributed by atoms with Gasteiger partial charge in [-0.25, -0.2) is 0 Å². The number of benzene rings is 3. The molecule has 9 heteroatoms. The predicted octanol–water partition coefficient (Wildman–Crippen LogP) is 4.59.